The maximum atomic E-state index is 5.88. The molecular weight excluding hydrogens is 184 g/mol. The first-order chi connectivity index (χ1) is 7.31. The molecule has 0 aromatic rings. The summed E-state index contributed by atoms with van der Waals surface area (Å²) in [6.07, 6.45) is 8.50. The van der Waals surface area contributed by atoms with Crippen molar-refractivity contribution in [1.29, 1.82) is 0 Å². The van der Waals surface area contributed by atoms with E-state index < -0.39 is 0 Å². The molecule has 0 radical (unpaired) electrons. The molecule has 2 saturated carbocycles. The molecule has 0 spiro atoms. The van der Waals surface area contributed by atoms with E-state index in [1.807, 2.05) is 0 Å². The Morgan fingerprint density at radius 3 is 2.47 bits per heavy atom. The van der Waals surface area contributed by atoms with E-state index in [-0.39, 0.29) is 0 Å². The molecule has 3 unspecified atom stereocenters. The van der Waals surface area contributed by atoms with Gasteiger partial charge in [-0.25, -0.2) is 0 Å². The zero-order valence-electron chi connectivity index (χ0n) is 10.0. The third kappa shape index (κ3) is 3.18. The van der Waals surface area contributed by atoms with Gasteiger partial charge in [0.15, 0.2) is 0 Å². The third-order valence-electron chi connectivity index (χ3n) is 4.39. The summed E-state index contributed by atoms with van der Waals surface area (Å²) in [7, 11) is 0. The van der Waals surface area contributed by atoms with Crippen LogP contribution < -0.4 is 11.1 Å². The lowest BCUT2D eigenvalue weighted by atomic mass is 9.84. The molecule has 0 bridgehead atoms. The van der Waals surface area contributed by atoms with Gasteiger partial charge in [-0.15, -0.1) is 0 Å². The van der Waals surface area contributed by atoms with Crippen molar-refractivity contribution in [2.24, 2.45) is 23.5 Å². The molecular formula is C13H26N2. The lowest BCUT2D eigenvalue weighted by Crippen LogP contribution is -2.43. The van der Waals surface area contributed by atoms with Gasteiger partial charge in [-0.3, -0.25) is 0 Å². The zero-order valence-corrected chi connectivity index (χ0v) is 10.0. The van der Waals surface area contributed by atoms with Crippen molar-refractivity contribution in [3.8, 4) is 0 Å². The van der Waals surface area contributed by atoms with Crippen molar-refractivity contribution < 1.29 is 0 Å². The lowest BCUT2D eigenvalue weighted by molar-refractivity contribution is 0.270. The summed E-state index contributed by atoms with van der Waals surface area (Å²) in [5.74, 6) is 2.77. The Morgan fingerprint density at radius 1 is 1.27 bits per heavy atom. The predicted molar refractivity (Wildman–Crippen MR) is 64.7 cm³/mol. The van der Waals surface area contributed by atoms with Crippen LogP contribution in [0.25, 0.3) is 0 Å². The molecule has 2 fully saturated rings. The molecule has 0 amide bonds. The number of rotatable bonds is 5. The van der Waals surface area contributed by atoms with E-state index in [4.69, 9.17) is 5.73 Å². The molecule has 0 aromatic heterocycles. The van der Waals surface area contributed by atoms with Crippen LogP contribution in [0.2, 0.25) is 0 Å². The van der Waals surface area contributed by atoms with Gasteiger partial charge < -0.3 is 11.1 Å². The molecule has 15 heavy (non-hydrogen) atoms. The van der Waals surface area contributed by atoms with E-state index >= 15 is 0 Å². The topological polar surface area (TPSA) is 38.0 Å². The summed E-state index contributed by atoms with van der Waals surface area (Å²) in [5, 5.41) is 3.71. The maximum Gasteiger partial charge on any atom is 0.0218 e. The van der Waals surface area contributed by atoms with Gasteiger partial charge in [0.1, 0.15) is 0 Å². The van der Waals surface area contributed by atoms with Gasteiger partial charge in [0.25, 0.3) is 0 Å². The van der Waals surface area contributed by atoms with Crippen LogP contribution in [-0.2, 0) is 0 Å². The van der Waals surface area contributed by atoms with Gasteiger partial charge >= 0.3 is 0 Å². The fourth-order valence-corrected chi connectivity index (χ4v) is 2.97. The molecule has 3 N–H and O–H groups in total. The van der Waals surface area contributed by atoms with Gasteiger partial charge in [-0.1, -0.05) is 26.2 Å². The second-order valence-electron chi connectivity index (χ2n) is 5.62. The Balaban J connectivity index is 1.70. The fraction of sp³-hybridized carbons (Fsp3) is 1.00. The number of nitrogens with two attached hydrogens (primary N) is 1. The highest BCUT2D eigenvalue weighted by atomic mass is 15.0. The Hall–Kier alpha value is -0.0800. The average Bonchev–Trinajstić information content (AvgIpc) is 2.97. The van der Waals surface area contributed by atoms with E-state index in [1.54, 1.807) is 0 Å². The Labute approximate surface area is 94.0 Å². The second kappa shape index (κ2) is 5.31. The van der Waals surface area contributed by atoms with Crippen molar-refractivity contribution in [2.45, 2.75) is 51.5 Å². The fourth-order valence-electron chi connectivity index (χ4n) is 2.97. The summed E-state index contributed by atoms with van der Waals surface area (Å²) >= 11 is 0. The van der Waals surface area contributed by atoms with Crippen LogP contribution in [0, 0.1) is 17.8 Å². The van der Waals surface area contributed by atoms with Gasteiger partial charge in [-0.05, 0) is 43.6 Å². The van der Waals surface area contributed by atoms with Crippen LogP contribution in [-0.4, -0.2) is 19.1 Å². The molecule has 2 rings (SSSR count). The van der Waals surface area contributed by atoms with E-state index in [2.05, 4.69) is 12.2 Å². The highest BCUT2D eigenvalue weighted by Crippen LogP contribution is 2.37. The average molecular weight is 210 g/mol. The highest BCUT2D eigenvalue weighted by Gasteiger charge is 2.33. The largest absolute Gasteiger partial charge is 0.329 e. The second-order valence-corrected chi connectivity index (χ2v) is 5.62. The highest BCUT2D eigenvalue weighted by molar-refractivity contribution is 4.87. The van der Waals surface area contributed by atoms with Crippen molar-refractivity contribution >= 4 is 0 Å². The van der Waals surface area contributed by atoms with E-state index in [0.717, 1.165) is 24.3 Å². The molecule has 2 aliphatic rings. The van der Waals surface area contributed by atoms with Crippen LogP contribution >= 0.6 is 0 Å². The van der Waals surface area contributed by atoms with Crippen LogP contribution in [0.15, 0.2) is 0 Å². The van der Waals surface area contributed by atoms with Crippen LogP contribution in [0.4, 0.5) is 0 Å². The van der Waals surface area contributed by atoms with Gasteiger partial charge in [-0.2, -0.15) is 0 Å². The normalized spacial score (nSPS) is 34.0. The molecule has 0 aromatic carbocycles. The van der Waals surface area contributed by atoms with Crippen LogP contribution in [0.3, 0.4) is 0 Å². The predicted octanol–water partition coefficient (Wildman–Crippen LogP) is 2.14. The molecule has 0 aliphatic heterocycles. The summed E-state index contributed by atoms with van der Waals surface area (Å²) in [4.78, 5) is 0. The molecule has 3 atom stereocenters. The van der Waals surface area contributed by atoms with Crippen molar-refractivity contribution in [1.82, 2.24) is 5.32 Å². The smallest absolute Gasteiger partial charge is 0.0218 e. The first-order valence-corrected chi connectivity index (χ1v) is 6.74. The number of hydrogen-bond acceptors (Lipinski definition) is 2. The van der Waals surface area contributed by atoms with Gasteiger partial charge in [0.05, 0.1) is 0 Å². The van der Waals surface area contributed by atoms with E-state index in [1.165, 1.54) is 45.1 Å². The Kier molecular flexibility index (Phi) is 4.04. The van der Waals surface area contributed by atoms with Crippen LogP contribution in [0.5, 0.6) is 0 Å². The minimum atomic E-state index is 0.595. The molecule has 2 aliphatic carbocycles. The monoisotopic (exact) mass is 210 g/mol. The third-order valence-corrected chi connectivity index (χ3v) is 4.39. The Morgan fingerprint density at radius 2 is 1.93 bits per heavy atom. The molecule has 0 heterocycles. The Bertz CT molecular complexity index is 187. The summed E-state index contributed by atoms with van der Waals surface area (Å²) in [6.45, 7) is 4.38. The van der Waals surface area contributed by atoms with Gasteiger partial charge in [0, 0.05) is 12.6 Å². The number of hydrogen-bond donors (Lipinski definition) is 2. The lowest BCUT2D eigenvalue weighted by Gasteiger charge is -2.30. The van der Waals surface area contributed by atoms with Crippen molar-refractivity contribution in [3.63, 3.8) is 0 Å². The van der Waals surface area contributed by atoms with E-state index in [9.17, 15) is 0 Å². The molecule has 88 valence electrons. The zero-order chi connectivity index (χ0) is 10.7. The number of nitrogens with one attached hydrogen (secondary N) is 1. The first-order valence-electron chi connectivity index (χ1n) is 6.74. The first kappa shape index (κ1) is 11.4. The minimum Gasteiger partial charge on any atom is -0.329 e. The van der Waals surface area contributed by atoms with Crippen LogP contribution in [0.1, 0.15) is 45.4 Å². The SMILES string of the molecule is CC1CC1CNC(CN)C1CCCCC1. The molecule has 0 saturated heterocycles. The molecule has 2 heteroatoms. The molecule has 2 nitrogen and oxygen atoms in total. The van der Waals surface area contributed by atoms with Crippen molar-refractivity contribution in [2.75, 3.05) is 13.1 Å². The summed E-state index contributed by atoms with van der Waals surface area (Å²) in [6, 6.07) is 0.595. The summed E-state index contributed by atoms with van der Waals surface area (Å²) < 4.78 is 0. The summed E-state index contributed by atoms with van der Waals surface area (Å²) in [5.41, 5.74) is 5.88. The van der Waals surface area contributed by atoms with Gasteiger partial charge in [0.2, 0.25) is 0 Å². The maximum absolute atomic E-state index is 5.88. The van der Waals surface area contributed by atoms with E-state index in [0.29, 0.717) is 6.04 Å². The quantitative estimate of drug-likeness (QED) is 0.729. The standard InChI is InChI=1S/C13H26N2/c1-10-7-12(10)9-15-13(8-14)11-5-3-2-4-6-11/h10-13,15H,2-9,14H2,1H3. The van der Waals surface area contributed by atoms with Crippen molar-refractivity contribution in [3.05, 3.63) is 0 Å². The minimum absolute atomic E-state index is 0.595.